The molecule has 1 atom stereocenters. The van der Waals surface area contributed by atoms with Gasteiger partial charge in [0.05, 0.1) is 0 Å². The van der Waals surface area contributed by atoms with E-state index in [0.717, 1.165) is 0 Å². The van der Waals surface area contributed by atoms with Crippen LogP contribution in [0.15, 0.2) is 42.5 Å². The van der Waals surface area contributed by atoms with Gasteiger partial charge in [0.2, 0.25) is 0 Å². The SMILES string of the molecule is CC(C)C1(C)c2ccccc2-c2cc(O)ccc21. The lowest BCUT2D eigenvalue weighted by Crippen LogP contribution is -2.27. The minimum absolute atomic E-state index is 0.0413. The standard InChI is InChI=1S/C17H18O/c1-11(2)17(3)15-7-5-4-6-13(15)14-10-12(18)8-9-16(14)17/h4-11,18H,1-3H3. The Morgan fingerprint density at radius 2 is 1.61 bits per heavy atom. The Morgan fingerprint density at radius 3 is 2.33 bits per heavy atom. The Hall–Kier alpha value is -1.76. The van der Waals surface area contributed by atoms with Gasteiger partial charge in [-0.1, -0.05) is 51.1 Å². The first-order valence-electron chi connectivity index (χ1n) is 6.48. The summed E-state index contributed by atoms with van der Waals surface area (Å²) in [6.07, 6.45) is 0. The number of rotatable bonds is 1. The van der Waals surface area contributed by atoms with Crippen LogP contribution >= 0.6 is 0 Å². The molecule has 0 aromatic heterocycles. The third-order valence-corrected chi connectivity index (χ3v) is 4.49. The van der Waals surface area contributed by atoms with E-state index in [4.69, 9.17) is 0 Å². The van der Waals surface area contributed by atoms with E-state index in [-0.39, 0.29) is 5.41 Å². The first-order chi connectivity index (χ1) is 8.55. The van der Waals surface area contributed by atoms with Crippen molar-refractivity contribution >= 4 is 0 Å². The van der Waals surface area contributed by atoms with Crippen LogP contribution in [-0.2, 0) is 5.41 Å². The van der Waals surface area contributed by atoms with Crippen LogP contribution in [0.3, 0.4) is 0 Å². The van der Waals surface area contributed by atoms with Gasteiger partial charge in [0, 0.05) is 5.41 Å². The van der Waals surface area contributed by atoms with Crippen LogP contribution in [0.25, 0.3) is 11.1 Å². The van der Waals surface area contributed by atoms with Gasteiger partial charge in [0.1, 0.15) is 5.75 Å². The second kappa shape index (κ2) is 3.61. The highest BCUT2D eigenvalue weighted by atomic mass is 16.3. The number of hydrogen-bond acceptors (Lipinski definition) is 1. The van der Waals surface area contributed by atoms with Crippen LogP contribution in [0, 0.1) is 5.92 Å². The molecule has 0 heterocycles. The lowest BCUT2D eigenvalue weighted by molar-refractivity contribution is 0.413. The number of hydrogen-bond donors (Lipinski definition) is 1. The fourth-order valence-corrected chi connectivity index (χ4v) is 3.15. The number of benzene rings is 2. The molecule has 18 heavy (non-hydrogen) atoms. The summed E-state index contributed by atoms with van der Waals surface area (Å²) in [6.45, 7) is 6.83. The smallest absolute Gasteiger partial charge is 0.116 e. The highest BCUT2D eigenvalue weighted by Crippen LogP contribution is 2.52. The molecule has 0 aliphatic heterocycles. The summed E-state index contributed by atoms with van der Waals surface area (Å²) >= 11 is 0. The molecule has 1 N–H and O–H groups in total. The van der Waals surface area contributed by atoms with Gasteiger partial charge in [-0.25, -0.2) is 0 Å². The van der Waals surface area contributed by atoms with Gasteiger partial charge in [-0.2, -0.15) is 0 Å². The molecule has 1 unspecified atom stereocenters. The van der Waals surface area contributed by atoms with Gasteiger partial charge in [-0.15, -0.1) is 0 Å². The van der Waals surface area contributed by atoms with Gasteiger partial charge in [0.15, 0.2) is 0 Å². The topological polar surface area (TPSA) is 20.2 Å². The zero-order valence-corrected chi connectivity index (χ0v) is 11.1. The molecule has 1 heteroatoms. The van der Waals surface area contributed by atoms with E-state index in [2.05, 4.69) is 51.1 Å². The summed E-state index contributed by atoms with van der Waals surface area (Å²) in [4.78, 5) is 0. The molecule has 0 saturated heterocycles. The maximum atomic E-state index is 9.73. The fourth-order valence-electron chi connectivity index (χ4n) is 3.15. The molecule has 1 aliphatic rings. The zero-order valence-electron chi connectivity index (χ0n) is 11.1. The molecular weight excluding hydrogens is 220 g/mol. The minimum Gasteiger partial charge on any atom is -0.508 e. The lowest BCUT2D eigenvalue weighted by atomic mass is 9.71. The largest absolute Gasteiger partial charge is 0.508 e. The average molecular weight is 238 g/mol. The molecule has 0 amide bonds. The molecule has 0 spiro atoms. The summed E-state index contributed by atoms with van der Waals surface area (Å²) in [6, 6.07) is 14.3. The van der Waals surface area contributed by atoms with Crippen molar-refractivity contribution < 1.29 is 5.11 Å². The number of phenols is 1. The molecule has 2 aromatic carbocycles. The lowest BCUT2D eigenvalue weighted by Gasteiger charge is -2.31. The fraction of sp³-hybridized carbons (Fsp3) is 0.294. The molecule has 1 aliphatic carbocycles. The predicted octanol–water partition coefficient (Wildman–Crippen LogP) is 4.33. The molecule has 1 nitrogen and oxygen atoms in total. The molecule has 92 valence electrons. The second-order valence-electron chi connectivity index (χ2n) is 5.63. The maximum absolute atomic E-state index is 9.73. The third-order valence-electron chi connectivity index (χ3n) is 4.49. The minimum atomic E-state index is 0.0413. The van der Waals surface area contributed by atoms with Crippen molar-refractivity contribution in [2.75, 3.05) is 0 Å². The second-order valence-corrected chi connectivity index (χ2v) is 5.63. The van der Waals surface area contributed by atoms with E-state index < -0.39 is 0 Å². The molecule has 0 bridgehead atoms. The summed E-state index contributed by atoms with van der Waals surface area (Å²) in [5.74, 6) is 0.862. The van der Waals surface area contributed by atoms with Crippen LogP contribution in [-0.4, -0.2) is 5.11 Å². The summed E-state index contributed by atoms with van der Waals surface area (Å²) in [5, 5.41) is 9.73. The Bertz CT molecular complexity index is 613. The maximum Gasteiger partial charge on any atom is 0.116 e. The van der Waals surface area contributed by atoms with Crippen LogP contribution in [0.2, 0.25) is 0 Å². The van der Waals surface area contributed by atoms with E-state index in [1.807, 2.05) is 6.07 Å². The van der Waals surface area contributed by atoms with Gasteiger partial charge >= 0.3 is 0 Å². The first kappa shape index (κ1) is 11.3. The van der Waals surface area contributed by atoms with Crippen LogP contribution in [0.4, 0.5) is 0 Å². The number of fused-ring (bicyclic) bond motifs is 3. The van der Waals surface area contributed by atoms with Crippen molar-refractivity contribution in [3.8, 4) is 16.9 Å². The summed E-state index contributed by atoms with van der Waals surface area (Å²) in [5.41, 5.74) is 5.19. The quantitative estimate of drug-likeness (QED) is 0.783. The van der Waals surface area contributed by atoms with Gasteiger partial charge in [-0.05, 0) is 40.3 Å². The van der Waals surface area contributed by atoms with Crippen molar-refractivity contribution in [3.05, 3.63) is 53.6 Å². The Morgan fingerprint density at radius 1 is 0.944 bits per heavy atom. The van der Waals surface area contributed by atoms with Crippen molar-refractivity contribution in [2.45, 2.75) is 26.2 Å². The van der Waals surface area contributed by atoms with Gasteiger partial charge in [-0.3, -0.25) is 0 Å². The summed E-state index contributed by atoms with van der Waals surface area (Å²) < 4.78 is 0. The van der Waals surface area contributed by atoms with E-state index in [1.165, 1.54) is 22.3 Å². The van der Waals surface area contributed by atoms with E-state index in [9.17, 15) is 5.11 Å². The van der Waals surface area contributed by atoms with Crippen LogP contribution in [0.1, 0.15) is 31.9 Å². The van der Waals surface area contributed by atoms with Crippen molar-refractivity contribution in [1.29, 1.82) is 0 Å². The van der Waals surface area contributed by atoms with Gasteiger partial charge < -0.3 is 5.11 Å². The van der Waals surface area contributed by atoms with Crippen molar-refractivity contribution in [1.82, 2.24) is 0 Å². The Labute approximate surface area is 108 Å². The van der Waals surface area contributed by atoms with Crippen LogP contribution < -0.4 is 0 Å². The number of aromatic hydroxyl groups is 1. The third kappa shape index (κ3) is 1.28. The van der Waals surface area contributed by atoms with Crippen molar-refractivity contribution in [2.24, 2.45) is 5.92 Å². The molecule has 2 aromatic rings. The Kier molecular flexibility index (Phi) is 2.28. The molecule has 0 fully saturated rings. The molecular formula is C17H18O. The monoisotopic (exact) mass is 238 g/mol. The highest BCUT2D eigenvalue weighted by molar-refractivity contribution is 5.81. The van der Waals surface area contributed by atoms with E-state index in [0.29, 0.717) is 11.7 Å². The van der Waals surface area contributed by atoms with E-state index >= 15 is 0 Å². The molecule has 0 radical (unpaired) electrons. The number of phenolic OH excluding ortho intramolecular Hbond substituents is 1. The predicted molar refractivity (Wildman–Crippen MR) is 74.8 cm³/mol. The van der Waals surface area contributed by atoms with Gasteiger partial charge in [0.25, 0.3) is 0 Å². The first-order valence-corrected chi connectivity index (χ1v) is 6.48. The molecule has 0 saturated carbocycles. The average Bonchev–Trinajstić information content (AvgIpc) is 2.61. The van der Waals surface area contributed by atoms with E-state index in [1.54, 1.807) is 6.07 Å². The zero-order chi connectivity index (χ0) is 12.9. The highest BCUT2D eigenvalue weighted by Gasteiger charge is 2.41. The Balaban J connectivity index is 2.39. The van der Waals surface area contributed by atoms with Crippen LogP contribution in [0.5, 0.6) is 5.75 Å². The van der Waals surface area contributed by atoms with Crippen molar-refractivity contribution in [3.63, 3.8) is 0 Å². The summed E-state index contributed by atoms with van der Waals surface area (Å²) in [7, 11) is 0. The normalized spacial score (nSPS) is 20.9. The molecule has 3 rings (SSSR count).